The first-order chi connectivity index (χ1) is 9.36. The molecular formula is C18H28O. The summed E-state index contributed by atoms with van der Waals surface area (Å²) in [5, 5.41) is 9.39. The fraction of sp³-hybridized carbons (Fsp3) is 0.556. The van der Waals surface area contributed by atoms with Crippen molar-refractivity contribution < 1.29 is 5.11 Å². The summed E-state index contributed by atoms with van der Waals surface area (Å²) in [6.07, 6.45) is 13.0. The fourth-order valence-corrected chi connectivity index (χ4v) is 2.28. The maximum absolute atomic E-state index is 9.39. The lowest BCUT2D eigenvalue weighted by atomic mass is 9.97. The molecule has 1 aromatic carbocycles. The van der Waals surface area contributed by atoms with E-state index in [-0.39, 0.29) is 0 Å². The lowest BCUT2D eigenvalue weighted by molar-refractivity contribution is 0.217. The molecule has 0 bridgehead atoms. The van der Waals surface area contributed by atoms with Crippen LogP contribution in [0.3, 0.4) is 0 Å². The number of hydrogen-bond donors (Lipinski definition) is 1. The van der Waals surface area contributed by atoms with Crippen molar-refractivity contribution >= 4 is 6.08 Å². The van der Waals surface area contributed by atoms with Crippen LogP contribution in [0.25, 0.3) is 6.08 Å². The van der Waals surface area contributed by atoms with Crippen LogP contribution in [0, 0.1) is 5.92 Å². The van der Waals surface area contributed by atoms with Crippen LogP contribution in [0.2, 0.25) is 0 Å². The molecule has 1 N–H and O–H groups in total. The van der Waals surface area contributed by atoms with Crippen LogP contribution in [0.15, 0.2) is 36.4 Å². The van der Waals surface area contributed by atoms with Crippen LogP contribution in [-0.2, 0) is 0 Å². The van der Waals surface area contributed by atoms with Gasteiger partial charge in [-0.15, -0.1) is 0 Å². The van der Waals surface area contributed by atoms with Gasteiger partial charge in [0.05, 0.1) is 0 Å². The number of rotatable bonds is 10. The minimum atomic E-state index is 0.312. The fourth-order valence-electron chi connectivity index (χ4n) is 2.28. The van der Waals surface area contributed by atoms with E-state index in [9.17, 15) is 5.11 Å². The summed E-state index contributed by atoms with van der Waals surface area (Å²) in [5.41, 5.74) is 1.24. The largest absolute Gasteiger partial charge is 0.396 e. The van der Waals surface area contributed by atoms with Crippen LogP contribution in [0.1, 0.15) is 57.4 Å². The third kappa shape index (κ3) is 7.84. The summed E-state index contributed by atoms with van der Waals surface area (Å²) in [4.78, 5) is 0. The summed E-state index contributed by atoms with van der Waals surface area (Å²) in [6, 6.07) is 10.3. The van der Waals surface area contributed by atoms with Gasteiger partial charge in [-0.2, -0.15) is 0 Å². The Bertz CT molecular complexity index is 329. The second kappa shape index (κ2) is 10.8. The zero-order valence-electron chi connectivity index (χ0n) is 12.2. The van der Waals surface area contributed by atoms with E-state index < -0.39 is 0 Å². The Morgan fingerprint density at radius 2 is 1.79 bits per heavy atom. The van der Waals surface area contributed by atoms with Crippen LogP contribution in [0.4, 0.5) is 0 Å². The van der Waals surface area contributed by atoms with E-state index >= 15 is 0 Å². The quantitative estimate of drug-likeness (QED) is 0.583. The number of benzene rings is 1. The third-order valence-electron chi connectivity index (χ3n) is 3.55. The number of unbranched alkanes of at least 4 members (excludes halogenated alkanes) is 4. The number of hydrogen-bond acceptors (Lipinski definition) is 1. The number of allylic oxidation sites excluding steroid dienone is 1. The summed E-state index contributed by atoms with van der Waals surface area (Å²) in [5.74, 6) is 0.432. The van der Waals surface area contributed by atoms with Gasteiger partial charge in [-0.1, -0.05) is 81.5 Å². The highest BCUT2D eigenvalue weighted by atomic mass is 16.3. The molecule has 1 aromatic rings. The first kappa shape index (κ1) is 16.0. The molecule has 0 aliphatic rings. The van der Waals surface area contributed by atoms with Crippen molar-refractivity contribution in [2.24, 2.45) is 5.92 Å². The van der Waals surface area contributed by atoms with Crippen LogP contribution in [0.5, 0.6) is 0 Å². The minimum absolute atomic E-state index is 0.312. The highest BCUT2D eigenvalue weighted by molar-refractivity contribution is 5.48. The first-order valence-corrected chi connectivity index (χ1v) is 7.69. The van der Waals surface area contributed by atoms with Gasteiger partial charge < -0.3 is 5.11 Å². The standard InChI is InChI=1S/C18H28O/c1-2-3-4-5-7-13-18(16-19)15-10-14-17-11-8-6-9-12-17/h6,8-12,14,18-19H,2-5,7,13,15-16H2,1H3/b14-10+/t18-/m1/s1. The smallest absolute Gasteiger partial charge is 0.0462 e. The summed E-state index contributed by atoms with van der Waals surface area (Å²) in [6.45, 7) is 2.55. The van der Waals surface area contributed by atoms with Gasteiger partial charge in [0.2, 0.25) is 0 Å². The number of aliphatic hydroxyl groups excluding tert-OH is 1. The van der Waals surface area contributed by atoms with Gasteiger partial charge in [-0.05, 0) is 24.3 Å². The van der Waals surface area contributed by atoms with Crippen molar-refractivity contribution in [3.63, 3.8) is 0 Å². The molecule has 0 unspecified atom stereocenters. The molecule has 19 heavy (non-hydrogen) atoms. The topological polar surface area (TPSA) is 20.2 Å². The molecule has 106 valence electrons. The van der Waals surface area contributed by atoms with Gasteiger partial charge in [0.25, 0.3) is 0 Å². The lowest BCUT2D eigenvalue weighted by Crippen LogP contribution is -2.04. The van der Waals surface area contributed by atoms with Gasteiger partial charge in [0.1, 0.15) is 0 Å². The molecular weight excluding hydrogens is 232 g/mol. The van der Waals surface area contributed by atoms with Crippen LogP contribution < -0.4 is 0 Å². The summed E-state index contributed by atoms with van der Waals surface area (Å²) >= 11 is 0. The van der Waals surface area contributed by atoms with E-state index in [4.69, 9.17) is 0 Å². The molecule has 0 saturated carbocycles. The zero-order chi connectivity index (χ0) is 13.8. The van der Waals surface area contributed by atoms with E-state index in [1.165, 1.54) is 37.7 Å². The Morgan fingerprint density at radius 1 is 1.05 bits per heavy atom. The normalized spacial score (nSPS) is 12.9. The molecule has 0 aliphatic carbocycles. The highest BCUT2D eigenvalue weighted by Gasteiger charge is 2.04. The van der Waals surface area contributed by atoms with Gasteiger partial charge >= 0.3 is 0 Å². The van der Waals surface area contributed by atoms with Crippen molar-refractivity contribution in [1.29, 1.82) is 0 Å². The Balaban J connectivity index is 2.19. The van der Waals surface area contributed by atoms with E-state index in [2.05, 4.69) is 43.3 Å². The minimum Gasteiger partial charge on any atom is -0.396 e. The molecule has 0 amide bonds. The molecule has 0 fully saturated rings. The monoisotopic (exact) mass is 260 g/mol. The zero-order valence-corrected chi connectivity index (χ0v) is 12.2. The van der Waals surface area contributed by atoms with Crippen molar-refractivity contribution in [3.8, 4) is 0 Å². The van der Waals surface area contributed by atoms with E-state index in [0.29, 0.717) is 12.5 Å². The Kier molecular flexibility index (Phi) is 9.09. The molecule has 1 nitrogen and oxygen atoms in total. The second-order valence-electron chi connectivity index (χ2n) is 5.30. The average Bonchev–Trinajstić information content (AvgIpc) is 2.46. The molecule has 0 heterocycles. The van der Waals surface area contributed by atoms with E-state index in [1.807, 2.05) is 6.07 Å². The molecule has 0 saturated heterocycles. The molecule has 0 spiro atoms. The van der Waals surface area contributed by atoms with Gasteiger partial charge in [0.15, 0.2) is 0 Å². The van der Waals surface area contributed by atoms with Crippen molar-refractivity contribution in [1.82, 2.24) is 0 Å². The van der Waals surface area contributed by atoms with Crippen molar-refractivity contribution in [3.05, 3.63) is 42.0 Å². The van der Waals surface area contributed by atoms with Crippen LogP contribution in [-0.4, -0.2) is 11.7 Å². The molecule has 1 atom stereocenters. The molecule has 1 rings (SSSR count). The molecule has 0 radical (unpaired) electrons. The molecule has 0 aliphatic heterocycles. The van der Waals surface area contributed by atoms with Gasteiger partial charge in [-0.3, -0.25) is 0 Å². The third-order valence-corrected chi connectivity index (χ3v) is 3.55. The predicted molar refractivity (Wildman–Crippen MR) is 84.0 cm³/mol. The van der Waals surface area contributed by atoms with Gasteiger partial charge in [-0.25, -0.2) is 0 Å². The second-order valence-corrected chi connectivity index (χ2v) is 5.30. The summed E-state index contributed by atoms with van der Waals surface area (Å²) in [7, 11) is 0. The van der Waals surface area contributed by atoms with Crippen molar-refractivity contribution in [2.45, 2.75) is 51.9 Å². The average molecular weight is 260 g/mol. The maximum atomic E-state index is 9.39. The Labute approximate surface area is 118 Å². The van der Waals surface area contributed by atoms with Crippen molar-refractivity contribution in [2.75, 3.05) is 6.61 Å². The van der Waals surface area contributed by atoms with E-state index in [1.54, 1.807) is 0 Å². The summed E-state index contributed by atoms with van der Waals surface area (Å²) < 4.78 is 0. The Morgan fingerprint density at radius 3 is 2.47 bits per heavy atom. The van der Waals surface area contributed by atoms with E-state index in [0.717, 1.165) is 12.8 Å². The highest BCUT2D eigenvalue weighted by Crippen LogP contribution is 2.16. The van der Waals surface area contributed by atoms with Crippen LogP contribution >= 0.6 is 0 Å². The predicted octanol–water partition coefficient (Wildman–Crippen LogP) is 5.06. The lowest BCUT2D eigenvalue weighted by Gasteiger charge is -2.11. The first-order valence-electron chi connectivity index (χ1n) is 7.69. The molecule has 0 aromatic heterocycles. The maximum Gasteiger partial charge on any atom is 0.0462 e. The Hall–Kier alpha value is -1.08. The number of aliphatic hydroxyl groups is 1. The SMILES string of the molecule is CCCCCCC[C@@H](CO)C/C=C/c1ccccc1. The molecule has 1 heteroatoms. The van der Waals surface area contributed by atoms with Gasteiger partial charge in [0, 0.05) is 6.61 Å².